The molecular weight excluding hydrogens is 272 g/mol. The molecule has 0 N–H and O–H groups in total. The summed E-state index contributed by atoms with van der Waals surface area (Å²) in [6, 6.07) is 0. The van der Waals surface area contributed by atoms with Crippen LogP contribution in [-0.2, 0) is 4.74 Å². The van der Waals surface area contributed by atoms with Crippen molar-refractivity contribution >= 4 is 17.2 Å². The monoisotopic (exact) mass is 292 g/mol. The number of carbonyl (C=O) groups excluding carboxylic acids is 1. The molecule has 1 amide bonds. The molecule has 3 fully saturated rings. The number of nitrogens with zero attached hydrogens (tertiary/aromatic N) is 2. The molecule has 1 aliphatic carbocycles. The van der Waals surface area contributed by atoms with Crippen molar-refractivity contribution in [3.8, 4) is 0 Å². The van der Waals surface area contributed by atoms with Crippen LogP contribution in [0.15, 0.2) is 5.51 Å². The summed E-state index contributed by atoms with van der Waals surface area (Å²) in [6.45, 7) is 3.42. The van der Waals surface area contributed by atoms with Gasteiger partial charge in [-0.25, -0.2) is 4.98 Å². The van der Waals surface area contributed by atoms with E-state index in [-0.39, 0.29) is 11.3 Å². The molecule has 1 aromatic heterocycles. The predicted molar refractivity (Wildman–Crippen MR) is 77.1 cm³/mol. The van der Waals surface area contributed by atoms with Gasteiger partial charge in [-0.2, -0.15) is 0 Å². The summed E-state index contributed by atoms with van der Waals surface area (Å²) in [6.07, 6.45) is 6.05. The number of ether oxygens (including phenoxy) is 1. The van der Waals surface area contributed by atoms with Gasteiger partial charge in [0.15, 0.2) is 0 Å². The van der Waals surface area contributed by atoms with E-state index in [4.69, 9.17) is 4.74 Å². The molecule has 20 heavy (non-hydrogen) atoms. The van der Waals surface area contributed by atoms with Gasteiger partial charge in [-0.3, -0.25) is 4.79 Å². The first kappa shape index (κ1) is 12.8. The smallest absolute Gasteiger partial charge is 0.265 e. The SMILES string of the molecule is O=C(c1scnc1C1CCCC1)N1CC2(CCOC2)C1. The third-order valence-electron chi connectivity index (χ3n) is 5.06. The van der Waals surface area contributed by atoms with Crippen LogP contribution in [0, 0.1) is 5.41 Å². The van der Waals surface area contributed by atoms with E-state index in [0.29, 0.717) is 5.92 Å². The van der Waals surface area contributed by atoms with Gasteiger partial charge in [0.05, 0.1) is 17.8 Å². The van der Waals surface area contributed by atoms with Crippen molar-refractivity contribution in [2.75, 3.05) is 26.3 Å². The van der Waals surface area contributed by atoms with E-state index < -0.39 is 0 Å². The van der Waals surface area contributed by atoms with Gasteiger partial charge in [0.25, 0.3) is 5.91 Å². The second-order valence-corrected chi connectivity index (χ2v) is 7.37. The summed E-state index contributed by atoms with van der Waals surface area (Å²) >= 11 is 1.52. The normalized spacial score (nSPS) is 25.3. The highest BCUT2D eigenvalue weighted by atomic mass is 32.1. The molecule has 0 atom stereocenters. The molecule has 0 unspecified atom stereocenters. The summed E-state index contributed by atoms with van der Waals surface area (Å²) in [7, 11) is 0. The fraction of sp³-hybridized carbons (Fsp3) is 0.733. The van der Waals surface area contributed by atoms with Gasteiger partial charge < -0.3 is 9.64 Å². The minimum atomic E-state index is 0.201. The highest BCUT2D eigenvalue weighted by molar-refractivity contribution is 7.11. The fourth-order valence-electron chi connectivity index (χ4n) is 3.85. The van der Waals surface area contributed by atoms with Crippen LogP contribution >= 0.6 is 11.3 Å². The molecular formula is C15H20N2O2S. The largest absolute Gasteiger partial charge is 0.381 e. The van der Waals surface area contributed by atoms with E-state index >= 15 is 0 Å². The molecule has 2 aliphatic heterocycles. The van der Waals surface area contributed by atoms with Crippen LogP contribution in [0.3, 0.4) is 0 Å². The van der Waals surface area contributed by atoms with Crippen LogP contribution in [0.4, 0.5) is 0 Å². The van der Waals surface area contributed by atoms with Crippen LogP contribution in [0.1, 0.15) is 53.4 Å². The number of thiazole rings is 1. The second kappa shape index (κ2) is 4.81. The quantitative estimate of drug-likeness (QED) is 0.841. The molecule has 1 aromatic rings. The van der Waals surface area contributed by atoms with Gasteiger partial charge in [-0.05, 0) is 19.3 Å². The highest BCUT2D eigenvalue weighted by Crippen LogP contribution is 2.41. The Morgan fingerprint density at radius 3 is 2.90 bits per heavy atom. The van der Waals surface area contributed by atoms with Crippen LogP contribution < -0.4 is 0 Å². The molecule has 4 rings (SSSR count). The Balaban J connectivity index is 1.48. The van der Waals surface area contributed by atoms with Gasteiger partial charge >= 0.3 is 0 Å². The molecule has 3 aliphatic rings. The van der Waals surface area contributed by atoms with Gasteiger partial charge in [0.2, 0.25) is 0 Å². The van der Waals surface area contributed by atoms with E-state index in [1.807, 2.05) is 10.4 Å². The lowest BCUT2D eigenvalue weighted by Crippen LogP contribution is -2.58. The van der Waals surface area contributed by atoms with E-state index in [2.05, 4.69) is 4.98 Å². The number of likely N-dealkylation sites (tertiary alicyclic amines) is 1. The van der Waals surface area contributed by atoms with E-state index in [1.54, 1.807) is 0 Å². The predicted octanol–water partition coefficient (Wildman–Crippen LogP) is 2.66. The maximum Gasteiger partial charge on any atom is 0.265 e. The Bertz CT molecular complexity index is 508. The number of hydrogen-bond acceptors (Lipinski definition) is 4. The van der Waals surface area contributed by atoms with E-state index in [1.165, 1.54) is 37.0 Å². The molecule has 4 nitrogen and oxygen atoms in total. The minimum absolute atomic E-state index is 0.201. The van der Waals surface area contributed by atoms with Crippen LogP contribution in [0.25, 0.3) is 0 Å². The summed E-state index contributed by atoms with van der Waals surface area (Å²) < 4.78 is 5.48. The average molecular weight is 292 g/mol. The molecule has 0 radical (unpaired) electrons. The molecule has 5 heteroatoms. The Hall–Kier alpha value is -0.940. The fourth-order valence-corrected chi connectivity index (χ4v) is 4.70. The van der Waals surface area contributed by atoms with Crippen molar-refractivity contribution in [1.29, 1.82) is 0 Å². The number of amides is 1. The summed E-state index contributed by atoms with van der Waals surface area (Å²) in [5.74, 6) is 0.720. The number of aromatic nitrogens is 1. The summed E-state index contributed by atoms with van der Waals surface area (Å²) in [5, 5.41) is 0. The van der Waals surface area contributed by atoms with Crippen molar-refractivity contribution in [1.82, 2.24) is 9.88 Å². The zero-order valence-electron chi connectivity index (χ0n) is 11.6. The molecule has 3 heterocycles. The Labute approximate surface area is 123 Å². The van der Waals surface area contributed by atoms with Gasteiger partial charge in [-0.1, -0.05) is 12.8 Å². The van der Waals surface area contributed by atoms with Crippen molar-refractivity contribution < 1.29 is 9.53 Å². The van der Waals surface area contributed by atoms with Crippen molar-refractivity contribution in [3.63, 3.8) is 0 Å². The second-order valence-electron chi connectivity index (χ2n) is 6.51. The van der Waals surface area contributed by atoms with Gasteiger partial charge in [0.1, 0.15) is 4.88 Å². The molecule has 108 valence electrons. The minimum Gasteiger partial charge on any atom is -0.381 e. The van der Waals surface area contributed by atoms with Crippen molar-refractivity contribution in [3.05, 3.63) is 16.1 Å². The average Bonchev–Trinajstić information content (AvgIpc) is 3.14. The lowest BCUT2D eigenvalue weighted by Gasteiger charge is -2.47. The molecule has 1 spiro atoms. The third kappa shape index (κ3) is 1.99. The first-order valence-electron chi connectivity index (χ1n) is 7.58. The number of rotatable bonds is 2. The van der Waals surface area contributed by atoms with Crippen LogP contribution in [0.2, 0.25) is 0 Å². The van der Waals surface area contributed by atoms with Crippen molar-refractivity contribution in [2.24, 2.45) is 5.41 Å². The summed E-state index contributed by atoms with van der Waals surface area (Å²) in [4.78, 5) is 20.0. The van der Waals surface area contributed by atoms with Gasteiger partial charge in [-0.15, -0.1) is 11.3 Å². The third-order valence-corrected chi connectivity index (χ3v) is 5.89. The maximum absolute atomic E-state index is 12.7. The standard InChI is InChI=1S/C15H20N2O2S/c18-14(17-7-15(8-17)5-6-19-9-15)13-12(16-10-20-13)11-3-1-2-4-11/h10-11H,1-9H2. The first-order chi connectivity index (χ1) is 9.77. The topological polar surface area (TPSA) is 42.4 Å². The lowest BCUT2D eigenvalue weighted by molar-refractivity contribution is 0.000589. The zero-order chi connectivity index (χ0) is 13.6. The van der Waals surface area contributed by atoms with E-state index in [9.17, 15) is 4.79 Å². The van der Waals surface area contributed by atoms with E-state index in [0.717, 1.165) is 43.3 Å². The zero-order valence-corrected chi connectivity index (χ0v) is 12.5. The van der Waals surface area contributed by atoms with Crippen LogP contribution in [-0.4, -0.2) is 42.1 Å². The molecule has 2 saturated heterocycles. The summed E-state index contributed by atoms with van der Waals surface area (Å²) in [5.41, 5.74) is 3.18. The molecule has 0 bridgehead atoms. The number of carbonyl (C=O) groups is 1. The molecule has 0 aromatic carbocycles. The number of hydrogen-bond donors (Lipinski definition) is 0. The lowest BCUT2D eigenvalue weighted by atomic mass is 9.79. The first-order valence-corrected chi connectivity index (χ1v) is 8.46. The Morgan fingerprint density at radius 1 is 1.40 bits per heavy atom. The Kier molecular flexibility index (Phi) is 3.07. The van der Waals surface area contributed by atoms with Crippen molar-refractivity contribution in [2.45, 2.75) is 38.0 Å². The van der Waals surface area contributed by atoms with Gasteiger partial charge in [0, 0.05) is 31.0 Å². The molecule has 1 saturated carbocycles. The Morgan fingerprint density at radius 2 is 2.20 bits per heavy atom. The van der Waals surface area contributed by atoms with Crippen LogP contribution in [0.5, 0.6) is 0 Å². The maximum atomic E-state index is 12.7. The highest BCUT2D eigenvalue weighted by Gasteiger charge is 2.48.